The second-order valence-electron chi connectivity index (χ2n) is 3.78. The Morgan fingerprint density at radius 3 is 2.53 bits per heavy atom. The molecule has 0 aliphatic carbocycles. The van der Waals surface area contributed by atoms with Gasteiger partial charge in [0, 0.05) is 19.2 Å². The van der Waals surface area contributed by atoms with Crippen LogP contribution in [0, 0.1) is 0 Å². The molecule has 2 rings (SSSR count). The normalized spacial score (nSPS) is 24.1. The largest absolute Gasteiger partial charge is 0.389 e. The van der Waals surface area contributed by atoms with E-state index in [4.69, 9.17) is 17.3 Å². The molecule has 1 aliphatic heterocycles. The van der Waals surface area contributed by atoms with E-state index in [1.165, 1.54) is 6.07 Å². The second-order valence-corrected chi connectivity index (χ2v) is 4.12. The summed E-state index contributed by atoms with van der Waals surface area (Å²) in [5.74, 6) is -0.356. The van der Waals surface area contributed by atoms with Crippen molar-refractivity contribution in [3.05, 3.63) is 17.0 Å². The fourth-order valence-corrected chi connectivity index (χ4v) is 1.83. The van der Waals surface area contributed by atoms with E-state index < -0.39 is 18.1 Å². The third-order valence-electron chi connectivity index (χ3n) is 2.52. The Bertz CT molecular complexity index is 446. The summed E-state index contributed by atoms with van der Waals surface area (Å²) in [5.41, 5.74) is 5.10. The van der Waals surface area contributed by atoms with Crippen LogP contribution >= 0.6 is 11.6 Å². The molecule has 0 spiro atoms. The summed E-state index contributed by atoms with van der Waals surface area (Å²) in [6.07, 6.45) is -1.69. The average molecular weight is 259 g/mol. The summed E-state index contributed by atoms with van der Waals surface area (Å²) in [6.45, 7) is 0.430. The Labute approximate surface area is 102 Å². The Hall–Kier alpha value is -1.44. The number of aliphatic hydroxyl groups is 2. The van der Waals surface area contributed by atoms with E-state index >= 15 is 0 Å². The van der Waals surface area contributed by atoms with Crippen LogP contribution in [0.25, 0.3) is 0 Å². The lowest BCUT2D eigenvalue weighted by Crippen LogP contribution is -2.24. The average Bonchev–Trinajstić information content (AvgIpc) is 2.58. The Balaban J connectivity index is 2.30. The predicted molar refractivity (Wildman–Crippen MR) is 59.8 cm³/mol. The van der Waals surface area contributed by atoms with Crippen LogP contribution in [0.5, 0.6) is 0 Å². The molecule has 1 aromatic heterocycles. The molecule has 0 aromatic carbocycles. The first-order valence-electron chi connectivity index (χ1n) is 4.93. The van der Waals surface area contributed by atoms with Crippen LogP contribution in [-0.2, 0) is 0 Å². The van der Waals surface area contributed by atoms with Crippen LogP contribution in [0.15, 0.2) is 6.07 Å². The number of anilines is 1. The number of carbonyl (C=O) groups is 1. The molecule has 4 N–H and O–H groups in total. The molecule has 1 amide bonds. The molecule has 0 bridgehead atoms. The van der Waals surface area contributed by atoms with E-state index in [0.29, 0.717) is 5.82 Å². The number of rotatable bonds is 2. The van der Waals surface area contributed by atoms with Crippen LogP contribution in [-0.4, -0.2) is 51.4 Å². The summed E-state index contributed by atoms with van der Waals surface area (Å²) >= 11 is 5.66. The summed E-state index contributed by atoms with van der Waals surface area (Å²) < 4.78 is 0. The first-order chi connectivity index (χ1) is 7.97. The number of nitrogens with two attached hydrogens (primary N) is 1. The monoisotopic (exact) mass is 258 g/mol. The minimum absolute atomic E-state index is 0.00382. The number of hydrogen-bond acceptors (Lipinski definition) is 6. The maximum atomic E-state index is 11.0. The van der Waals surface area contributed by atoms with Gasteiger partial charge in [0.1, 0.15) is 11.5 Å². The van der Waals surface area contributed by atoms with Gasteiger partial charge in [-0.15, -0.1) is 0 Å². The number of amides is 1. The van der Waals surface area contributed by atoms with Gasteiger partial charge in [-0.1, -0.05) is 0 Å². The number of nitrogens with zero attached hydrogens (tertiary/aromatic N) is 3. The molecule has 1 saturated heterocycles. The molecule has 17 heavy (non-hydrogen) atoms. The number of primary amides is 1. The van der Waals surface area contributed by atoms with E-state index in [9.17, 15) is 15.0 Å². The van der Waals surface area contributed by atoms with Gasteiger partial charge in [0.05, 0.1) is 12.2 Å². The molecule has 7 nitrogen and oxygen atoms in total. The number of aromatic nitrogens is 2. The third-order valence-corrected chi connectivity index (χ3v) is 2.69. The zero-order valence-electron chi connectivity index (χ0n) is 8.75. The fourth-order valence-electron chi connectivity index (χ4n) is 1.65. The molecule has 2 atom stereocenters. The molecule has 92 valence electrons. The highest BCUT2D eigenvalue weighted by Gasteiger charge is 2.30. The van der Waals surface area contributed by atoms with Crippen LogP contribution in [0.2, 0.25) is 5.28 Å². The van der Waals surface area contributed by atoms with Crippen molar-refractivity contribution in [2.24, 2.45) is 5.73 Å². The Morgan fingerprint density at radius 1 is 1.41 bits per heavy atom. The lowest BCUT2D eigenvalue weighted by atomic mass is 10.3. The molecular weight excluding hydrogens is 248 g/mol. The molecule has 8 heteroatoms. The first kappa shape index (κ1) is 12.0. The maximum Gasteiger partial charge on any atom is 0.267 e. The van der Waals surface area contributed by atoms with E-state index in [2.05, 4.69) is 9.97 Å². The van der Waals surface area contributed by atoms with Crippen molar-refractivity contribution in [2.75, 3.05) is 18.0 Å². The molecule has 2 unspecified atom stereocenters. The van der Waals surface area contributed by atoms with Crippen LogP contribution in [0.3, 0.4) is 0 Å². The van der Waals surface area contributed by atoms with Gasteiger partial charge < -0.3 is 20.8 Å². The molecule has 1 aromatic rings. The van der Waals surface area contributed by atoms with Gasteiger partial charge in [0.25, 0.3) is 5.91 Å². The van der Waals surface area contributed by atoms with Crippen molar-refractivity contribution >= 4 is 23.3 Å². The van der Waals surface area contributed by atoms with Gasteiger partial charge in [0.2, 0.25) is 5.28 Å². The van der Waals surface area contributed by atoms with Crippen LogP contribution in [0.4, 0.5) is 5.82 Å². The van der Waals surface area contributed by atoms with Crippen molar-refractivity contribution in [3.8, 4) is 0 Å². The van der Waals surface area contributed by atoms with E-state index in [1.54, 1.807) is 4.90 Å². The van der Waals surface area contributed by atoms with Gasteiger partial charge in [-0.2, -0.15) is 0 Å². The van der Waals surface area contributed by atoms with Crippen molar-refractivity contribution < 1.29 is 15.0 Å². The standard InChI is InChI=1S/C9H11ClN4O3/c10-9-12-4(8(11)17)1-7(13-9)14-2-5(15)6(16)3-14/h1,5-6,15-16H,2-3H2,(H2,11,17). The van der Waals surface area contributed by atoms with Crippen molar-refractivity contribution in [2.45, 2.75) is 12.2 Å². The molecule has 1 fully saturated rings. The number of halogens is 1. The highest BCUT2D eigenvalue weighted by molar-refractivity contribution is 6.28. The Morgan fingerprint density at radius 2 is 2.00 bits per heavy atom. The summed E-state index contributed by atoms with van der Waals surface area (Å²) in [6, 6.07) is 1.37. The quantitative estimate of drug-likeness (QED) is 0.573. The second kappa shape index (κ2) is 4.44. The topological polar surface area (TPSA) is 113 Å². The molecule has 1 aliphatic rings. The van der Waals surface area contributed by atoms with Gasteiger partial charge in [0.15, 0.2) is 0 Å². The Kier molecular flexibility index (Phi) is 3.14. The fraction of sp³-hybridized carbons (Fsp3) is 0.444. The highest BCUT2D eigenvalue weighted by Crippen LogP contribution is 2.20. The molecule has 2 heterocycles. The molecular formula is C9H11ClN4O3. The smallest absolute Gasteiger partial charge is 0.267 e. The van der Waals surface area contributed by atoms with Crippen molar-refractivity contribution in [3.63, 3.8) is 0 Å². The number of β-amino-alcohol motifs (C(OH)–C–C–N with tert-alkyl or cyclic N) is 2. The van der Waals surface area contributed by atoms with E-state index in [1.807, 2.05) is 0 Å². The highest BCUT2D eigenvalue weighted by atomic mass is 35.5. The minimum atomic E-state index is -0.847. The predicted octanol–water partition coefficient (Wildman–Crippen LogP) is -1.23. The zero-order chi connectivity index (χ0) is 12.6. The number of hydrogen-bond donors (Lipinski definition) is 3. The van der Waals surface area contributed by atoms with E-state index in [-0.39, 0.29) is 24.1 Å². The molecule has 0 saturated carbocycles. The summed E-state index contributed by atoms with van der Waals surface area (Å²) in [4.78, 5) is 20.2. The lowest BCUT2D eigenvalue weighted by Gasteiger charge is -2.16. The van der Waals surface area contributed by atoms with Gasteiger partial charge in [-0.25, -0.2) is 9.97 Å². The van der Waals surface area contributed by atoms with Gasteiger partial charge in [-0.05, 0) is 11.6 Å². The number of aliphatic hydroxyl groups excluding tert-OH is 2. The summed E-state index contributed by atoms with van der Waals surface area (Å²) in [7, 11) is 0. The van der Waals surface area contributed by atoms with Gasteiger partial charge >= 0.3 is 0 Å². The van der Waals surface area contributed by atoms with Crippen molar-refractivity contribution in [1.82, 2.24) is 9.97 Å². The number of carbonyl (C=O) groups excluding carboxylic acids is 1. The lowest BCUT2D eigenvalue weighted by molar-refractivity contribution is 0.0572. The van der Waals surface area contributed by atoms with Crippen LogP contribution in [0.1, 0.15) is 10.5 Å². The first-order valence-corrected chi connectivity index (χ1v) is 5.30. The SMILES string of the molecule is NC(=O)c1cc(N2CC(O)C(O)C2)nc(Cl)n1. The summed E-state index contributed by atoms with van der Waals surface area (Å²) in [5, 5.41) is 18.7. The maximum absolute atomic E-state index is 11.0. The van der Waals surface area contributed by atoms with Gasteiger partial charge in [-0.3, -0.25) is 4.79 Å². The van der Waals surface area contributed by atoms with Crippen molar-refractivity contribution in [1.29, 1.82) is 0 Å². The van der Waals surface area contributed by atoms with E-state index in [0.717, 1.165) is 0 Å². The zero-order valence-corrected chi connectivity index (χ0v) is 9.50. The minimum Gasteiger partial charge on any atom is -0.389 e. The molecule has 0 radical (unpaired) electrons. The third kappa shape index (κ3) is 2.46. The van der Waals surface area contributed by atoms with Crippen LogP contribution < -0.4 is 10.6 Å².